The van der Waals surface area contributed by atoms with Crippen LogP contribution in [0.1, 0.15) is 106 Å². The molecule has 5 aliphatic carbocycles. The van der Waals surface area contributed by atoms with Crippen LogP contribution < -0.4 is 5.11 Å². The number of carboxylic acids is 1. The fraction of sp³-hybridized carbons (Fsp3) is 0.967. The molecule has 0 aromatic carbocycles. The molecular formula is C30H49O4-. The highest BCUT2D eigenvalue weighted by atomic mass is 16.4. The third-order valence-corrected chi connectivity index (χ3v) is 14.0. The summed E-state index contributed by atoms with van der Waals surface area (Å²) in [6, 6.07) is 0. The fourth-order valence-corrected chi connectivity index (χ4v) is 11.8. The molecule has 2 N–H and O–H groups in total. The Balaban J connectivity index is 1.54. The van der Waals surface area contributed by atoms with E-state index >= 15 is 0 Å². The van der Waals surface area contributed by atoms with Gasteiger partial charge < -0.3 is 20.1 Å². The molecule has 4 nitrogen and oxygen atoms in total. The monoisotopic (exact) mass is 473 g/mol. The number of hydrogen-bond acceptors (Lipinski definition) is 4. The van der Waals surface area contributed by atoms with Crippen molar-refractivity contribution in [1.29, 1.82) is 0 Å². The van der Waals surface area contributed by atoms with Crippen LogP contribution in [0.4, 0.5) is 0 Å². The number of hydrogen-bond donors (Lipinski definition) is 2. The van der Waals surface area contributed by atoms with Crippen LogP contribution in [0.25, 0.3) is 0 Å². The van der Waals surface area contributed by atoms with Gasteiger partial charge in [0.05, 0.1) is 6.10 Å². The van der Waals surface area contributed by atoms with E-state index in [0.717, 1.165) is 44.9 Å². The van der Waals surface area contributed by atoms with Gasteiger partial charge in [-0.25, -0.2) is 0 Å². The summed E-state index contributed by atoms with van der Waals surface area (Å²) in [5, 5.41) is 33.5. The second-order valence-corrected chi connectivity index (χ2v) is 14.9. The first-order valence-electron chi connectivity index (χ1n) is 14.3. The molecule has 0 spiro atoms. The summed E-state index contributed by atoms with van der Waals surface area (Å²) in [7, 11) is 0. The lowest BCUT2D eigenvalue weighted by Crippen LogP contribution is -2.67. The summed E-state index contributed by atoms with van der Waals surface area (Å²) in [6.45, 7) is 14.3. The molecule has 0 aliphatic heterocycles. The summed E-state index contributed by atoms with van der Waals surface area (Å²) < 4.78 is 0. The van der Waals surface area contributed by atoms with Gasteiger partial charge in [0, 0.05) is 12.6 Å². The lowest BCUT2D eigenvalue weighted by atomic mass is 9.32. The van der Waals surface area contributed by atoms with Crippen molar-refractivity contribution in [2.45, 2.75) is 112 Å². The second-order valence-electron chi connectivity index (χ2n) is 14.9. The summed E-state index contributed by atoms with van der Waals surface area (Å²) in [5.74, 6) is 0.731. The lowest BCUT2D eigenvalue weighted by Gasteiger charge is -2.73. The van der Waals surface area contributed by atoms with Crippen LogP contribution in [0.5, 0.6) is 0 Å². The molecule has 0 saturated heterocycles. The van der Waals surface area contributed by atoms with E-state index in [1.165, 1.54) is 19.3 Å². The summed E-state index contributed by atoms with van der Waals surface area (Å²) in [4.78, 5) is 12.0. The third kappa shape index (κ3) is 2.93. The Morgan fingerprint density at radius 3 is 2.24 bits per heavy atom. The Bertz CT molecular complexity index is 838. The fourth-order valence-electron chi connectivity index (χ4n) is 11.8. The van der Waals surface area contributed by atoms with Gasteiger partial charge in [0.25, 0.3) is 0 Å². The van der Waals surface area contributed by atoms with Crippen molar-refractivity contribution in [3.8, 4) is 0 Å². The van der Waals surface area contributed by atoms with E-state index in [1.54, 1.807) is 0 Å². The van der Waals surface area contributed by atoms with Crippen molar-refractivity contribution in [2.24, 2.45) is 62.6 Å². The Morgan fingerprint density at radius 1 is 0.882 bits per heavy atom. The Hall–Kier alpha value is -0.610. The van der Waals surface area contributed by atoms with Gasteiger partial charge in [0.15, 0.2) is 0 Å². The van der Waals surface area contributed by atoms with Crippen molar-refractivity contribution in [3.63, 3.8) is 0 Å². The number of fused-ring (bicyclic) bond motifs is 7. The van der Waals surface area contributed by atoms with Crippen LogP contribution in [0.15, 0.2) is 0 Å². The average molecular weight is 474 g/mol. The van der Waals surface area contributed by atoms with E-state index in [1.807, 2.05) is 6.92 Å². The normalized spacial score (nSPS) is 54.8. The zero-order valence-corrected chi connectivity index (χ0v) is 22.5. The number of aliphatic hydroxyl groups is 2. The molecule has 5 fully saturated rings. The van der Waals surface area contributed by atoms with Crippen molar-refractivity contribution in [2.75, 3.05) is 6.61 Å². The molecule has 5 aliphatic rings. The zero-order chi connectivity index (χ0) is 24.9. The number of aliphatic hydroxyl groups excluding tert-OH is 2. The van der Waals surface area contributed by atoms with Crippen LogP contribution in [0, 0.1) is 62.6 Å². The Morgan fingerprint density at radius 2 is 1.59 bits per heavy atom. The van der Waals surface area contributed by atoms with Crippen molar-refractivity contribution in [1.82, 2.24) is 0 Å². The molecule has 194 valence electrons. The van der Waals surface area contributed by atoms with E-state index in [2.05, 4.69) is 34.6 Å². The van der Waals surface area contributed by atoms with Gasteiger partial charge in [-0.2, -0.15) is 0 Å². The first-order valence-corrected chi connectivity index (χ1v) is 14.3. The minimum atomic E-state index is -0.915. The minimum Gasteiger partial charge on any atom is -0.550 e. The van der Waals surface area contributed by atoms with Gasteiger partial charge in [0.1, 0.15) is 0 Å². The Kier molecular flexibility index (Phi) is 5.67. The molecule has 4 heteroatoms. The number of carboxylic acid groups (broad SMARTS) is 1. The third-order valence-electron chi connectivity index (χ3n) is 14.0. The molecule has 0 aromatic heterocycles. The quantitative estimate of drug-likeness (QED) is 0.617. The highest BCUT2D eigenvalue weighted by molar-refractivity contribution is 5.67. The molecule has 5 rings (SSSR count). The molecule has 0 bridgehead atoms. The molecule has 11 atom stereocenters. The smallest absolute Gasteiger partial charge is 0.0594 e. The number of carbonyl (C=O) groups excluding carboxylic acids is 1. The standard InChI is InChI=1S/C30H50O4/c1-18(25(33)34)19-9-14-30(17-31)16-15-28(5)20(24(19)30)7-8-22-27(4)12-11-23(32)26(2,3)21(27)10-13-29(22,28)6/h18-24,31-32H,7-17H2,1-6H3,(H,33,34)/p-1. The lowest BCUT2D eigenvalue weighted by molar-refractivity contribution is -0.314. The maximum atomic E-state index is 12.0. The van der Waals surface area contributed by atoms with E-state index in [9.17, 15) is 20.1 Å². The second kappa shape index (κ2) is 7.70. The van der Waals surface area contributed by atoms with Gasteiger partial charge in [-0.3, -0.25) is 0 Å². The summed E-state index contributed by atoms with van der Waals surface area (Å²) in [5.41, 5.74) is 0.508. The van der Waals surface area contributed by atoms with E-state index in [-0.39, 0.29) is 51.6 Å². The van der Waals surface area contributed by atoms with Gasteiger partial charge in [-0.05, 0) is 127 Å². The maximum absolute atomic E-state index is 12.0. The van der Waals surface area contributed by atoms with Crippen LogP contribution in [-0.4, -0.2) is 28.9 Å². The van der Waals surface area contributed by atoms with Crippen LogP contribution in [-0.2, 0) is 4.79 Å². The number of rotatable bonds is 3. The minimum absolute atomic E-state index is 0.0365. The van der Waals surface area contributed by atoms with Gasteiger partial charge in [-0.15, -0.1) is 0 Å². The molecule has 0 radical (unpaired) electrons. The molecule has 0 aromatic rings. The highest BCUT2D eigenvalue weighted by Gasteiger charge is 2.70. The molecule has 0 amide bonds. The largest absolute Gasteiger partial charge is 0.550 e. The molecule has 0 heterocycles. The number of aliphatic carboxylic acids is 1. The van der Waals surface area contributed by atoms with Gasteiger partial charge in [0.2, 0.25) is 0 Å². The van der Waals surface area contributed by atoms with Crippen molar-refractivity contribution < 1.29 is 20.1 Å². The zero-order valence-electron chi connectivity index (χ0n) is 22.5. The molecular weight excluding hydrogens is 424 g/mol. The summed E-state index contributed by atoms with van der Waals surface area (Å²) in [6.07, 6.45) is 10.7. The molecule has 5 saturated carbocycles. The number of carbonyl (C=O) groups is 1. The first-order chi connectivity index (χ1) is 15.8. The molecule has 34 heavy (non-hydrogen) atoms. The molecule has 11 unspecified atom stereocenters. The predicted molar refractivity (Wildman–Crippen MR) is 131 cm³/mol. The van der Waals surface area contributed by atoms with E-state index in [4.69, 9.17) is 0 Å². The maximum Gasteiger partial charge on any atom is 0.0594 e. The first kappa shape index (κ1) is 25.1. The highest BCUT2D eigenvalue weighted by Crippen LogP contribution is 2.77. The Labute approximate surface area is 207 Å². The topological polar surface area (TPSA) is 80.6 Å². The van der Waals surface area contributed by atoms with E-state index in [0.29, 0.717) is 17.8 Å². The predicted octanol–water partition coefficient (Wildman–Crippen LogP) is 4.81. The van der Waals surface area contributed by atoms with E-state index < -0.39 is 11.9 Å². The van der Waals surface area contributed by atoms with Crippen LogP contribution >= 0.6 is 0 Å². The van der Waals surface area contributed by atoms with Gasteiger partial charge in [-0.1, -0.05) is 41.5 Å². The van der Waals surface area contributed by atoms with Crippen molar-refractivity contribution >= 4 is 5.97 Å². The van der Waals surface area contributed by atoms with Gasteiger partial charge >= 0.3 is 0 Å². The SMILES string of the molecule is CC(C(=O)[O-])C1CCC2(CO)CCC3(C)C(CCC4C5(C)CCC(O)C(C)(C)C5CCC43C)C12. The van der Waals surface area contributed by atoms with Crippen molar-refractivity contribution in [3.05, 3.63) is 0 Å². The van der Waals surface area contributed by atoms with Crippen LogP contribution in [0.2, 0.25) is 0 Å². The van der Waals surface area contributed by atoms with Crippen LogP contribution in [0.3, 0.4) is 0 Å². The average Bonchev–Trinajstić information content (AvgIpc) is 3.16. The summed E-state index contributed by atoms with van der Waals surface area (Å²) >= 11 is 0.